The average Bonchev–Trinajstić information content (AvgIpc) is 3.81. The minimum atomic E-state index is -1.51. The number of rotatable bonds is 6. The van der Waals surface area contributed by atoms with E-state index in [1.54, 1.807) is 59.6 Å². The second-order valence-electron chi connectivity index (χ2n) is 8.39. The highest BCUT2D eigenvalue weighted by molar-refractivity contribution is 7.10. The molecule has 3 atom stereocenters. The zero-order chi connectivity index (χ0) is 25.4. The molecule has 3 unspecified atom stereocenters. The molecule has 0 saturated carbocycles. The second-order valence-corrected chi connectivity index (χ2v) is 9.37. The van der Waals surface area contributed by atoms with Gasteiger partial charge in [-0.3, -0.25) is 9.82 Å². The fourth-order valence-electron chi connectivity index (χ4n) is 5.25. The maximum absolute atomic E-state index is 6.91. The molecule has 0 spiro atoms. The van der Waals surface area contributed by atoms with Gasteiger partial charge in [-0.05, 0) is 47.0 Å². The Balaban J connectivity index is 1.71. The quantitative estimate of drug-likeness (QED) is 0.313. The highest BCUT2D eigenvalue weighted by Crippen LogP contribution is 2.65. The van der Waals surface area contributed by atoms with Crippen LogP contribution in [0.1, 0.15) is 34.2 Å². The minimum Gasteiger partial charge on any atom is -0.468 e. The first-order valence-corrected chi connectivity index (χ1v) is 12.5. The van der Waals surface area contributed by atoms with Gasteiger partial charge in [0.05, 0.1) is 24.4 Å². The SMILES string of the molecule is c1ccc(C2(c3ccco3)C(c3cccs3)ON(c3ccnnn3)C2(c2ncccn2)c2ncco2)nc1. The van der Waals surface area contributed by atoms with E-state index in [4.69, 9.17) is 28.6 Å². The number of nitrogens with zero attached hydrogens (tertiary/aromatic N) is 8. The molecule has 6 aromatic rings. The molecule has 0 radical (unpaired) electrons. The summed E-state index contributed by atoms with van der Waals surface area (Å²) < 4.78 is 12.4. The van der Waals surface area contributed by atoms with Crippen LogP contribution in [0, 0.1) is 0 Å². The van der Waals surface area contributed by atoms with E-state index in [1.165, 1.54) is 12.5 Å². The molecule has 186 valence electrons. The Labute approximate surface area is 219 Å². The van der Waals surface area contributed by atoms with Crippen LogP contribution < -0.4 is 5.06 Å². The second kappa shape index (κ2) is 8.94. The average molecular weight is 523 g/mol. The molecule has 12 heteroatoms. The normalized spacial score (nSPS) is 23.1. The van der Waals surface area contributed by atoms with Gasteiger partial charge in [-0.2, -0.15) is 0 Å². The van der Waals surface area contributed by atoms with Gasteiger partial charge in [0, 0.05) is 29.5 Å². The van der Waals surface area contributed by atoms with Gasteiger partial charge in [-0.15, -0.1) is 21.5 Å². The maximum atomic E-state index is 6.91. The summed E-state index contributed by atoms with van der Waals surface area (Å²) in [4.78, 5) is 26.9. The van der Waals surface area contributed by atoms with Gasteiger partial charge in [0.2, 0.25) is 11.4 Å². The van der Waals surface area contributed by atoms with Crippen molar-refractivity contribution >= 4 is 17.2 Å². The highest BCUT2D eigenvalue weighted by Gasteiger charge is 2.76. The standard InChI is InChI=1S/C26H18N8O3S/c1-2-10-27-19(7-1)25(20-8-3-15-35-20)22(18-6-4-17-38-18)37-34(21-9-13-31-33-32-21)26(25,24-30-14-16-36-24)23-28-11-5-12-29-23/h1-17,22H. The molecule has 11 nitrogen and oxygen atoms in total. The first-order valence-electron chi connectivity index (χ1n) is 11.6. The summed E-state index contributed by atoms with van der Waals surface area (Å²) in [5, 5.41) is 15.7. The highest BCUT2D eigenvalue weighted by atomic mass is 32.1. The van der Waals surface area contributed by atoms with Crippen LogP contribution in [0.4, 0.5) is 5.82 Å². The van der Waals surface area contributed by atoms with E-state index < -0.39 is 17.1 Å². The van der Waals surface area contributed by atoms with Gasteiger partial charge >= 0.3 is 0 Å². The molecule has 0 amide bonds. The van der Waals surface area contributed by atoms with Crippen LogP contribution in [0.25, 0.3) is 0 Å². The predicted molar refractivity (Wildman–Crippen MR) is 133 cm³/mol. The van der Waals surface area contributed by atoms with Gasteiger partial charge in [-0.1, -0.05) is 12.1 Å². The Kier molecular flexibility index (Phi) is 5.27. The van der Waals surface area contributed by atoms with E-state index in [0.717, 1.165) is 4.88 Å². The lowest BCUT2D eigenvalue weighted by Crippen LogP contribution is -2.57. The third kappa shape index (κ3) is 3.01. The van der Waals surface area contributed by atoms with Crippen molar-refractivity contribution in [2.45, 2.75) is 17.1 Å². The monoisotopic (exact) mass is 522 g/mol. The van der Waals surface area contributed by atoms with E-state index in [1.807, 2.05) is 47.8 Å². The zero-order valence-corrected chi connectivity index (χ0v) is 20.4. The summed E-state index contributed by atoms with van der Waals surface area (Å²) in [6, 6.07) is 16.8. The summed E-state index contributed by atoms with van der Waals surface area (Å²) in [6.07, 6.45) is 10.6. The lowest BCUT2D eigenvalue weighted by Gasteiger charge is -2.43. The molecule has 38 heavy (non-hydrogen) atoms. The number of anilines is 1. The molecule has 1 aliphatic heterocycles. The first kappa shape index (κ1) is 22.4. The summed E-state index contributed by atoms with van der Waals surface area (Å²) in [5.74, 6) is 1.48. The van der Waals surface area contributed by atoms with Gasteiger partial charge in [0.25, 0.3) is 0 Å². The molecular formula is C26H18N8O3S. The van der Waals surface area contributed by atoms with Crippen molar-refractivity contribution in [3.05, 3.63) is 132 Å². The molecule has 0 aromatic carbocycles. The van der Waals surface area contributed by atoms with E-state index in [0.29, 0.717) is 23.1 Å². The fourth-order valence-corrected chi connectivity index (χ4v) is 6.06. The summed E-state index contributed by atoms with van der Waals surface area (Å²) in [6.45, 7) is 0. The molecule has 6 aromatic heterocycles. The third-order valence-corrected chi connectivity index (χ3v) is 7.50. The Morgan fingerprint density at radius 2 is 1.71 bits per heavy atom. The smallest absolute Gasteiger partial charge is 0.232 e. The number of hydroxylamine groups is 1. The molecule has 0 aliphatic carbocycles. The lowest BCUT2D eigenvalue weighted by molar-refractivity contribution is 0.0616. The van der Waals surface area contributed by atoms with E-state index in [-0.39, 0.29) is 5.89 Å². The Morgan fingerprint density at radius 1 is 0.789 bits per heavy atom. The zero-order valence-electron chi connectivity index (χ0n) is 19.6. The van der Waals surface area contributed by atoms with Crippen LogP contribution in [0.15, 0.2) is 112 Å². The van der Waals surface area contributed by atoms with Crippen LogP contribution in [-0.2, 0) is 15.8 Å². The molecule has 0 bridgehead atoms. The van der Waals surface area contributed by atoms with Crippen molar-refractivity contribution in [1.82, 2.24) is 35.3 Å². The third-order valence-electron chi connectivity index (χ3n) is 6.59. The summed E-state index contributed by atoms with van der Waals surface area (Å²) in [5.41, 5.74) is -2.14. The number of aromatic nitrogens is 7. The first-order chi connectivity index (χ1) is 18.9. The maximum Gasteiger partial charge on any atom is 0.232 e. The number of oxazole rings is 1. The number of furan rings is 1. The van der Waals surface area contributed by atoms with Crippen molar-refractivity contribution in [2.75, 3.05) is 5.06 Å². The lowest BCUT2D eigenvalue weighted by atomic mass is 9.61. The Morgan fingerprint density at radius 3 is 2.39 bits per heavy atom. The van der Waals surface area contributed by atoms with E-state index >= 15 is 0 Å². The van der Waals surface area contributed by atoms with Crippen molar-refractivity contribution < 1.29 is 13.7 Å². The van der Waals surface area contributed by atoms with Gasteiger partial charge in [0.15, 0.2) is 11.6 Å². The minimum absolute atomic E-state index is 0.253. The predicted octanol–water partition coefficient (Wildman–Crippen LogP) is 4.12. The molecule has 0 N–H and O–H groups in total. The van der Waals surface area contributed by atoms with Crippen molar-refractivity contribution in [2.24, 2.45) is 0 Å². The van der Waals surface area contributed by atoms with E-state index in [9.17, 15) is 0 Å². The summed E-state index contributed by atoms with van der Waals surface area (Å²) in [7, 11) is 0. The Bertz CT molecular complexity index is 1600. The van der Waals surface area contributed by atoms with Gasteiger partial charge < -0.3 is 8.83 Å². The van der Waals surface area contributed by atoms with Crippen LogP contribution in [-0.4, -0.2) is 35.3 Å². The molecule has 1 saturated heterocycles. The molecule has 7 heterocycles. The molecular weight excluding hydrogens is 504 g/mol. The summed E-state index contributed by atoms with van der Waals surface area (Å²) >= 11 is 1.54. The van der Waals surface area contributed by atoms with Crippen molar-refractivity contribution in [1.29, 1.82) is 0 Å². The van der Waals surface area contributed by atoms with Crippen molar-refractivity contribution in [3.8, 4) is 0 Å². The molecule has 7 rings (SSSR count). The van der Waals surface area contributed by atoms with Crippen LogP contribution in [0.3, 0.4) is 0 Å². The van der Waals surface area contributed by atoms with Gasteiger partial charge in [0.1, 0.15) is 23.5 Å². The van der Waals surface area contributed by atoms with Crippen LogP contribution in [0.5, 0.6) is 0 Å². The number of pyridine rings is 1. The molecule has 1 fully saturated rings. The molecule has 1 aliphatic rings. The number of hydrogen-bond acceptors (Lipinski definition) is 12. The van der Waals surface area contributed by atoms with Gasteiger partial charge in [-0.25, -0.2) is 20.0 Å². The topological polar surface area (TPSA) is 129 Å². The Hall–Kier alpha value is -4.81. The number of thiophene rings is 1. The number of hydrogen-bond donors (Lipinski definition) is 0. The van der Waals surface area contributed by atoms with Crippen LogP contribution >= 0.6 is 11.3 Å². The van der Waals surface area contributed by atoms with Crippen molar-refractivity contribution in [3.63, 3.8) is 0 Å². The largest absolute Gasteiger partial charge is 0.468 e. The van der Waals surface area contributed by atoms with E-state index in [2.05, 4.69) is 20.4 Å². The van der Waals surface area contributed by atoms with Crippen LogP contribution in [0.2, 0.25) is 0 Å². The fraction of sp³-hybridized carbons (Fsp3) is 0.115.